The van der Waals surface area contributed by atoms with Gasteiger partial charge in [-0.15, -0.1) is 0 Å². The van der Waals surface area contributed by atoms with Crippen molar-refractivity contribution in [2.75, 3.05) is 5.32 Å². The Bertz CT molecular complexity index is 729. The Morgan fingerprint density at radius 1 is 1.20 bits per heavy atom. The van der Waals surface area contributed by atoms with Gasteiger partial charge in [0.1, 0.15) is 5.82 Å². The van der Waals surface area contributed by atoms with Gasteiger partial charge in [0.2, 0.25) is 0 Å². The Morgan fingerprint density at radius 3 is 2.85 bits per heavy atom. The van der Waals surface area contributed by atoms with E-state index in [2.05, 4.69) is 10.3 Å². The molecule has 0 saturated carbocycles. The normalized spacial score (nSPS) is 10.4. The number of nitrogens with zero attached hydrogens (tertiary/aromatic N) is 1. The molecule has 20 heavy (non-hydrogen) atoms. The molecule has 0 aliphatic carbocycles. The molecule has 5 heteroatoms. The van der Waals surface area contributed by atoms with Crippen molar-refractivity contribution in [3.05, 3.63) is 60.2 Å². The van der Waals surface area contributed by atoms with E-state index in [0.29, 0.717) is 17.3 Å². The summed E-state index contributed by atoms with van der Waals surface area (Å²) in [5.74, 6) is 1.45. The number of amides is 1. The standard InChI is InChI=1S/C15H12N2O3/c1-10-6-7-16-14(9-10)17-15(18)13-5-4-12(20-13)11-3-2-8-19-11/h2-9H,1H3,(H,16,17,18). The van der Waals surface area contributed by atoms with Crippen LogP contribution in [0.15, 0.2) is 57.7 Å². The van der Waals surface area contributed by atoms with Gasteiger partial charge in [0.25, 0.3) is 5.91 Å². The fraction of sp³-hybridized carbons (Fsp3) is 0.0667. The summed E-state index contributed by atoms with van der Waals surface area (Å²) in [6.45, 7) is 1.93. The maximum Gasteiger partial charge on any atom is 0.292 e. The van der Waals surface area contributed by atoms with Gasteiger partial charge in [0.15, 0.2) is 17.3 Å². The number of aryl methyl sites for hydroxylation is 1. The van der Waals surface area contributed by atoms with Crippen molar-refractivity contribution in [3.8, 4) is 11.5 Å². The maximum absolute atomic E-state index is 12.0. The number of aromatic nitrogens is 1. The number of pyridine rings is 1. The van der Waals surface area contributed by atoms with E-state index in [-0.39, 0.29) is 11.7 Å². The van der Waals surface area contributed by atoms with E-state index in [4.69, 9.17) is 8.83 Å². The first-order chi connectivity index (χ1) is 9.72. The highest BCUT2D eigenvalue weighted by Crippen LogP contribution is 2.22. The first kappa shape index (κ1) is 12.2. The van der Waals surface area contributed by atoms with Gasteiger partial charge in [0, 0.05) is 6.20 Å². The molecule has 3 heterocycles. The summed E-state index contributed by atoms with van der Waals surface area (Å²) in [5, 5.41) is 2.68. The molecule has 5 nitrogen and oxygen atoms in total. The molecule has 0 aliphatic rings. The number of rotatable bonds is 3. The van der Waals surface area contributed by atoms with Crippen LogP contribution in [0.5, 0.6) is 0 Å². The lowest BCUT2D eigenvalue weighted by atomic mass is 10.3. The van der Waals surface area contributed by atoms with Gasteiger partial charge < -0.3 is 14.2 Å². The molecular weight excluding hydrogens is 256 g/mol. The van der Waals surface area contributed by atoms with Gasteiger partial charge >= 0.3 is 0 Å². The molecule has 0 saturated heterocycles. The molecule has 0 spiro atoms. The second-order valence-electron chi connectivity index (χ2n) is 4.31. The third kappa shape index (κ3) is 2.47. The van der Waals surface area contributed by atoms with E-state index >= 15 is 0 Å². The largest absolute Gasteiger partial charge is 0.461 e. The lowest BCUT2D eigenvalue weighted by molar-refractivity contribution is 0.0997. The number of carbonyl (C=O) groups excluding carboxylic acids is 1. The molecular formula is C15H12N2O3. The van der Waals surface area contributed by atoms with Crippen molar-refractivity contribution in [2.45, 2.75) is 6.92 Å². The molecule has 0 bridgehead atoms. The fourth-order valence-corrected chi connectivity index (χ4v) is 1.79. The van der Waals surface area contributed by atoms with E-state index in [1.165, 1.54) is 0 Å². The van der Waals surface area contributed by atoms with Crippen LogP contribution in [0.2, 0.25) is 0 Å². The smallest absolute Gasteiger partial charge is 0.292 e. The number of carbonyl (C=O) groups is 1. The van der Waals surface area contributed by atoms with Crippen LogP contribution in [0, 0.1) is 6.92 Å². The van der Waals surface area contributed by atoms with Crippen LogP contribution in [0.4, 0.5) is 5.82 Å². The van der Waals surface area contributed by atoms with Crippen LogP contribution >= 0.6 is 0 Å². The van der Waals surface area contributed by atoms with Crippen molar-refractivity contribution < 1.29 is 13.6 Å². The molecule has 0 fully saturated rings. The third-order valence-corrected chi connectivity index (χ3v) is 2.75. The van der Waals surface area contributed by atoms with Gasteiger partial charge in [-0.2, -0.15) is 0 Å². The minimum atomic E-state index is -0.346. The number of hydrogen-bond donors (Lipinski definition) is 1. The Hall–Kier alpha value is -2.82. The molecule has 1 N–H and O–H groups in total. The van der Waals surface area contributed by atoms with Crippen molar-refractivity contribution in [2.24, 2.45) is 0 Å². The van der Waals surface area contributed by atoms with E-state index in [0.717, 1.165) is 5.56 Å². The highest BCUT2D eigenvalue weighted by molar-refractivity contribution is 6.02. The summed E-state index contributed by atoms with van der Waals surface area (Å²) >= 11 is 0. The zero-order valence-electron chi connectivity index (χ0n) is 10.8. The molecule has 100 valence electrons. The number of nitrogens with one attached hydrogen (secondary N) is 1. The Labute approximate surface area is 115 Å². The quantitative estimate of drug-likeness (QED) is 0.789. The van der Waals surface area contributed by atoms with Gasteiger partial charge in [0.05, 0.1) is 6.26 Å². The van der Waals surface area contributed by atoms with Gasteiger partial charge in [-0.1, -0.05) is 0 Å². The van der Waals surface area contributed by atoms with Crippen molar-refractivity contribution in [1.82, 2.24) is 4.98 Å². The molecule has 0 aliphatic heterocycles. The molecule has 3 rings (SSSR count). The number of hydrogen-bond acceptors (Lipinski definition) is 4. The Kier molecular flexibility index (Phi) is 3.09. The lowest BCUT2D eigenvalue weighted by Crippen LogP contribution is -2.11. The number of anilines is 1. The van der Waals surface area contributed by atoms with Crippen LogP contribution in [0.3, 0.4) is 0 Å². The second kappa shape index (κ2) is 5.05. The SMILES string of the molecule is Cc1ccnc(NC(=O)c2ccc(-c3ccco3)o2)c1. The lowest BCUT2D eigenvalue weighted by Gasteiger charge is -2.02. The highest BCUT2D eigenvalue weighted by Gasteiger charge is 2.14. The Morgan fingerprint density at radius 2 is 2.10 bits per heavy atom. The van der Waals surface area contributed by atoms with Crippen LogP contribution in [-0.4, -0.2) is 10.9 Å². The Balaban J connectivity index is 1.78. The molecule has 0 aromatic carbocycles. The van der Waals surface area contributed by atoms with Crippen LogP contribution in [0.25, 0.3) is 11.5 Å². The van der Waals surface area contributed by atoms with E-state index in [9.17, 15) is 4.79 Å². The first-order valence-corrected chi connectivity index (χ1v) is 6.10. The van der Waals surface area contributed by atoms with E-state index < -0.39 is 0 Å². The summed E-state index contributed by atoms with van der Waals surface area (Å²) < 4.78 is 10.7. The zero-order chi connectivity index (χ0) is 13.9. The predicted molar refractivity (Wildman–Crippen MR) is 73.3 cm³/mol. The summed E-state index contributed by atoms with van der Waals surface area (Å²) in [7, 11) is 0. The summed E-state index contributed by atoms with van der Waals surface area (Å²) in [4.78, 5) is 16.1. The van der Waals surface area contributed by atoms with Crippen LogP contribution in [-0.2, 0) is 0 Å². The summed E-state index contributed by atoms with van der Waals surface area (Å²) in [6.07, 6.45) is 3.19. The second-order valence-corrected chi connectivity index (χ2v) is 4.31. The van der Waals surface area contributed by atoms with E-state index in [1.54, 1.807) is 42.8 Å². The highest BCUT2D eigenvalue weighted by atomic mass is 16.4. The van der Waals surface area contributed by atoms with E-state index in [1.807, 2.05) is 13.0 Å². The maximum atomic E-state index is 12.0. The minimum absolute atomic E-state index is 0.208. The molecule has 3 aromatic rings. The van der Waals surface area contributed by atoms with Gasteiger partial charge in [-0.05, 0) is 48.9 Å². The summed E-state index contributed by atoms with van der Waals surface area (Å²) in [5.41, 5.74) is 1.02. The average molecular weight is 268 g/mol. The predicted octanol–water partition coefficient (Wildman–Crippen LogP) is 3.50. The molecule has 0 atom stereocenters. The fourth-order valence-electron chi connectivity index (χ4n) is 1.79. The monoisotopic (exact) mass is 268 g/mol. The molecule has 3 aromatic heterocycles. The first-order valence-electron chi connectivity index (χ1n) is 6.10. The van der Waals surface area contributed by atoms with Crippen LogP contribution < -0.4 is 5.32 Å². The van der Waals surface area contributed by atoms with Crippen molar-refractivity contribution >= 4 is 11.7 Å². The third-order valence-electron chi connectivity index (χ3n) is 2.75. The molecule has 0 radical (unpaired) electrons. The average Bonchev–Trinajstić information content (AvgIpc) is 3.10. The topological polar surface area (TPSA) is 68.3 Å². The van der Waals surface area contributed by atoms with Gasteiger partial charge in [-0.25, -0.2) is 4.98 Å². The van der Waals surface area contributed by atoms with Crippen molar-refractivity contribution in [3.63, 3.8) is 0 Å². The van der Waals surface area contributed by atoms with Gasteiger partial charge in [-0.3, -0.25) is 4.79 Å². The zero-order valence-corrected chi connectivity index (χ0v) is 10.8. The summed E-state index contributed by atoms with van der Waals surface area (Å²) in [6, 6.07) is 10.5. The number of furan rings is 2. The molecule has 0 unspecified atom stereocenters. The minimum Gasteiger partial charge on any atom is -0.461 e. The van der Waals surface area contributed by atoms with Crippen LogP contribution in [0.1, 0.15) is 16.1 Å². The molecule has 1 amide bonds. The van der Waals surface area contributed by atoms with Crippen molar-refractivity contribution in [1.29, 1.82) is 0 Å².